The fraction of sp³-hybridized carbons (Fsp3) is 0.333. The van der Waals surface area contributed by atoms with Gasteiger partial charge in [0.05, 0.1) is 6.54 Å². The summed E-state index contributed by atoms with van der Waals surface area (Å²) in [6.07, 6.45) is 1.73. The Balaban J connectivity index is 2.02. The minimum absolute atomic E-state index is 0.265. The number of anilines is 1. The number of hydrogen-bond acceptors (Lipinski definition) is 4. The number of benzene rings is 1. The maximum atomic E-state index is 9.17. The van der Waals surface area contributed by atoms with Crippen LogP contribution >= 0.6 is 0 Å². The fourth-order valence-electron chi connectivity index (χ4n) is 1.58. The summed E-state index contributed by atoms with van der Waals surface area (Å²) in [5.41, 5.74) is 0.945. The molecule has 0 unspecified atom stereocenters. The summed E-state index contributed by atoms with van der Waals surface area (Å²) in [6, 6.07) is 7.29. The Labute approximate surface area is 100 Å². The molecule has 5 heteroatoms. The number of nitrogens with zero attached hydrogens (tertiary/aromatic N) is 3. The van der Waals surface area contributed by atoms with E-state index in [1.54, 1.807) is 18.5 Å². The molecule has 0 fully saturated rings. The molecule has 0 saturated carbocycles. The maximum absolute atomic E-state index is 9.17. The fourth-order valence-corrected chi connectivity index (χ4v) is 1.58. The first-order chi connectivity index (χ1) is 8.16. The van der Waals surface area contributed by atoms with E-state index >= 15 is 0 Å². The maximum Gasteiger partial charge on any atom is 0.152 e. The van der Waals surface area contributed by atoms with Crippen molar-refractivity contribution in [2.24, 2.45) is 0 Å². The zero-order valence-electron chi connectivity index (χ0n) is 9.96. The van der Waals surface area contributed by atoms with Gasteiger partial charge in [0, 0.05) is 11.7 Å². The van der Waals surface area contributed by atoms with Crippen molar-refractivity contribution in [3.63, 3.8) is 0 Å². The average Bonchev–Trinajstić information content (AvgIpc) is 2.76. The summed E-state index contributed by atoms with van der Waals surface area (Å²) in [5.74, 6) is 1.16. The van der Waals surface area contributed by atoms with Crippen LogP contribution in [0.2, 0.25) is 0 Å². The summed E-state index contributed by atoms with van der Waals surface area (Å²) in [5, 5.41) is 20.4. The van der Waals surface area contributed by atoms with E-state index in [0.717, 1.165) is 11.5 Å². The largest absolute Gasteiger partial charge is 0.508 e. The third-order valence-corrected chi connectivity index (χ3v) is 2.52. The molecule has 0 aliphatic carbocycles. The van der Waals surface area contributed by atoms with E-state index in [-0.39, 0.29) is 5.75 Å². The van der Waals surface area contributed by atoms with Crippen molar-refractivity contribution in [2.75, 3.05) is 5.32 Å². The van der Waals surface area contributed by atoms with Gasteiger partial charge in [-0.15, -0.1) is 10.2 Å². The molecule has 1 aromatic carbocycles. The molecule has 0 aliphatic rings. The molecule has 2 rings (SSSR count). The Morgan fingerprint density at radius 1 is 1.29 bits per heavy atom. The van der Waals surface area contributed by atoms with Gasteiger partial charge in [0.1, 0.15) is 12.1 Å². The van der Waals surface area contributed by atoms with Crippen molar-refractivity contribution in [3.8, 4) is 5.75 Å². The minimum Gasteiger partial charge on any atom is -0.508 e. The van der Waals surface area contributed by atoms with Crippen LogP contribution in [-0.2, 0) is 6.54 Å². The number of phenolic OH excluding ortho intramolecular Hbond substituents is 1. The lowest BCUT2D eigenvalue weighted by Crippen LogP contribution is -2.10. The van der Waals surface area contributed by atoms with Gasteiger partial charge in [-0.2, -0.15) is 0 Å². The SMILES string of the molecule is CC(C)n1cnnc1CNc1ccc(O)cc1. The van der Waals surface area contributed by atoms with Crippen LogP contribution in [0.15, 0.2) is 30.6 Å². The highest BCUT2D eigenvalue weighted by atomic mass is 16.3. The first-order valence-corrected chi connectivity index (χ1v) is 5.58. The topological polar surface area (TPSA) is 63.0 Å². The molecule has 0 amide bonds. The van der Waals surface area contributed by atoms with Crippen LogP contribution in [-0.4, -0.2) is 19.9 Å². The van der Waals surface area contributed by atoms with Gasteiger partial charge < -0.3 is 15.0 Å². The first kappa shape index (κ1) is 11.4. The molecular formula is C12H16N4O. The smallest absolute Gasteiger partial charge is 0.152 e. The van der Waals surface area contributed by atoms with Crippen LogP contribution in [0.3, 0.4) is 0 Å². The molecule has 0 bridgehead atoms. The second-order valence-electron chi connectivity index (χ2n) is 4.15. The Morgan fingerprint density at radius 2 is 2.00 bits per heavy atom. The summed E-state index contributed by atoms with van der Waals surface area (Å²) >= 11 is 0. The number of hydrogen-bond donors (Lipinski definition) is 2. The lowest BCUT2D eigenvalue weighted by molar-refractivity contribution is 0.475. The summed E-state index contributed by atoms with van der Waals surface area (Å²) < 4.78 is 2.02. The highest BCUT2D eigenvalue weighted by Gasteiger charge is 2.06. The number of aromatic hydroxyl groups is 1. The predicted octanol–water partition coefficient (Wildman–Crippen LogP) is 2.18. The van der Waals surface area contributed by atoms with Crippen LogP contribution in [0, 0.1) is 0 Å². The molecule has 0 saturated heterocycles. The predicted molar refractivity (Wildman–Crippen MR) is 65.8 cm³/mol. The molecular weight excluding hydrogens is 216 g/mol. The van der Waals surface area contributed by atoms with Crippen LogP contribution in [0.25, 0.3) is 0 Å². The number of aromatic nitrogens is 3. The van der Waals surface area contributed by atoms with Crippen molar-refractivity contribution in [1.82, 2.24) is 14.8 Å². The van der Waals surface area contributed by atoms with Gasteiger partial charge in [0.15, 0.2) is 5.82 Å². The second kappa shape index (κ2) is 4.86. The van der Waals surface area contributed by atoms with Crippen LogP contribution in [0.5, 0.6) is 5.75 Å². The molecule has 0 radical (unpaired) electrons. The molecule has 2 N–H and O–H groups in total. The van der Waals surface area contributed by atoms with E-state index in [4.69, 9.17) is 0 Å². The molecule has 17 heavy (non-hydrogen) atoms. The van der Waals surface area contributed by atoms with E-state index < -0.39 is 0 Å². The average molecular weight is 232 g/mol. The second-order valence-corrected chi connectivity index (χ2v) is 4.15. The van der Waals surface area contributed by atoms with Crippen LogP contribution in [0.4, 0.5) is 5.69 Å². The number of nitrogens with one attached hydrogen (secondary N) is 1. The van der Waals surface area contributed by atoms with E-state index in [1.165, 1.54) is 0 Å². The van der Waals surface area contributed by atoms with E-state index in [9.17, 15) is 5.11 Å². The molecule has 0 aliphatic heterocycles. The Morgan fingerprint density at radius 3 is 2.65 bits per heavy atom. The molecule has 1 aromatic heterocycles. The number of rotatable bonds is 4. The first-order valence-electron chi connectivity index (χ1n) is 5.58. The van der Waals surface area contributed by atoms with E-state index in [2.05, 4.69) is 29.4 Å². The van der Waals surface area contributed by atoms with Crippen molar-refractivity contribution in [3.05, 3.63) is 36.4 Å². The van der Waals surface area contributed by atoms with Gasteiger partial charge in [-0.3, -0.25) is 0 Å². The Kier molecular flexibility index (Phi) is 3.27. The Bertz CT molecular complexity index is 476. The summed E-state index contributed by atoms with van der Waals surface area (Å²) in [7, 11) is 0. The molecule has 90 valence electrons. The lowest BCUT2D eigenvalue weighted by atomic mass is 10.3. The third-order valence-electron chi connectivity index (χ3n) is 2.52. The monoisotopic (exact) mass is 232 g/mol. The van der Waals surface area contributed by atoms with E-state index in [0.29, 0.717) is 12.6 Å². The summed E-state index contributed by atoms with van der Waals surface area (Å²) in [4.78, 5) is 0. The van der Waals surface area contributed by atoms with Gasteiger partial charge in [0.2, 0.25) is 0 Å². The van der Waals surface area contributed by atoms with Gasteiger partial charge in [-0.1, -0.05) is 0 Å². The quantitative estimate of drug-likeness (QED) is 0.793. The zero-order valence-corrected chi connectivity index (χ0v) is 9.96. The lowest BCUT2D eigenvalue weighted by Gasteiger charge is -2.11. The van der Waals surface area contributed by atoms with Crippen LogP contribution in [0.1, 0.15) is 25.7 Å². The molecule has 0 atom stereocenters. The van der Waals surface area contributed by atoms with Crippen molar-refractivity contribution >= 4 is 5.69 Å². The van der Waals surface area contributed by atoms with E-state index in [1.807, 2.05) is 16.7 Å². The molecule has 1 heterocycles. The zero-order chi connectivity index (χ0) is 12.3. The third kappa shape index (κ3) is 2.75. The molecule has 2 aromatic rings. The number of phenols is 1. The van der Waals surface area contributed by atoms with Gasteiger partial charge in [-0.05, 0) is 38.1 Å². The minimum atomic E-state index is 0.265. The van der Waals surface area contributed by atoms with Gasteiger partial charge in [0.25, 0.3) is 0 Å². The highest BCUT2D eigenvalue weighted by molar-refractivity contribution is 5.45. The normalized spacial score (nSPS) is 10.8. The van der Waals surface area contributed by atoms with Crippen molar-refractivity contribution in [2.45, 2.75) is 26.4 Å². The van der Waals surface area contributed by atoms with Crippen LogP contribution < -0.4 is 5.32 Å². The standard InChI is InChI=1S/C12H16N4O/c1-9(2)16-8-14-15-12(16)7-13-10-3-5-11(17)6-4-10/h3-6,8-9,13,17H,7H2,1-2H3. The molecule has 5 nitrogen and oxygen atoms in total. The Hall–Kier alpha value is -2.04. The van der Waals surface area contributed by atoms with Crippen molar-refractivity contribution in [1.29, 1.82) is 0 Å². The van der Waals surface area contributed by atoms with Gasteiger partial charge >= 0.3 is 0 Å². The summed E-state index contributed by atoms with van der Waals surface area (Å²) in [6.45, 7) is 4.80. The van der Waals surface area contributed by atoms with Gasteiger partial charge in [-0.25, -0.2) is 0 Å². The highest BCUT2D eigenvalue weighted by Crippen LogP contribution is 2.15. The van der Waals surface area contributed by atoms with Crippen molar-refractivity contribution < 1.29 is 5.11 Å². The molecule has 0 spiro atoms.